The zero-order chi connectivity index (χ0) is 19.0. The minimum absolute atomic E-state index is 0.0398. The smallest absolute Gasteiger partial charge is 0.336 e. The molecule has 3 N–H and O–H groups in total. The summed E-state index contributed by atoms with van der Waals surface area (Å²) in [6, 6.07) is 3.66. The van der Waals surface area contributed by atoms with Crippen molar-refractivity contribution < 1.29 is 39.7 Å². The molecule has 0 heterocycles. The standard InChI is InChI=1S/C17H24O8/c1-4-17(2,3)14(25-22)7-8-23-24-10-12-9-11(15(18)19)5-6-13(12)16(20)21/h5-6,9,14,22H,4,7-8,10H2,1-3H3,(H,18,19)(H,20,21). The summed E-state index contributed by atoms with van der Waals surface area (Å²) in [7, 11) is 0. The Morgan fingerprint density at radius 3 is 2.36 bits per heavy atom. The van der Waals surface area contributed by atoms with Gasteiger partial charge in [-0.3, -0.25) is 5.26 Å². The van der Waals surface area contributed by atoms with Crippen molar-refractivity contribution in [3.05, 3.63) is 34.9 Å². The van der Waals surface area contributed by atoms with Crippen LogP contribution in [0.15, 0.2) is 18.2 Å². The molecule has 8 heteroatoms. The summed E-state index contributed by atoms with van der Waals surface area (Å²) >= 11 is 0. The van der Waals surface area contributed by atoms with Gasteiger partial charge in [0.05, 0.1) is 17.7 Å². The van der Waals surface area contributed by atoms with E-state index >= 15 is 0 Å². The van der Waals surface area contributed by atoms with Crippen molar-refractivity contribution in [3.63, 3.8) is 0 Å². The molecule has 8 nitrogen and oxygen atoms in total. The number of carbonyl (C=O) groups is 2. The molecule has 0 radical (unpaired) electrons. The minimum atomic E-state index is -1.19. The van der Waals surface area contributed by atoms with Gasteiger partial charge in [0.1, 0.15) is 12.7 Å². The topological polar surface area (TPSA) is 123 Å². The summed E-state index contributed by atoms with van der Waals surface area (Å²) in [6.07, 6.45) is 0.729. The lowest BCUT2D eigenvalue weighted by Crippen LogP contribution is -2.31. The van der Waals surface area contributed by atoms with Gasteiger partial charge in [0.25, 0.3) is 0 Å². The highest BCUT2D eigenvalue weighted by Gasteiger charge is 2.28. The van der Waals surface area contributed by atoms with E-state index in [0.717, 1.165) is 6.42 Å². The molecule has 0 saturated carbocycles. The minimum Gasteiger partial charge on any atom is -0.478 e. The summed E-state index contributed by atoms with van der Waals surface area (Å²) in [5, 5.41) is 27.1. The van der Waals surface area contributed by atoms with E-state index in [4.69, 9.17) is 25.2 Å². The van der Waals surface area contributed by atoms with E-state index in [1.165, 1.54) is 18.2 Å². The van der Waals surface area contributed by atoms with Crippen molar-refractivity contribution >= 4 is 11.9 Å². The Bertz CT molecular complexity index is 596. The highest BCUT2D eigenvalue weighted by molar-refractivity contribution is 5.93. The van der Waals surface area contributed by atoms with Crippen molar-refractivity contribution in [2.75, 3.05) is 6.61 Å². The zero-order valence-electron chi connectivity index (χ0n) is 14.5. The van der Waals surface area contributed by atoms with E-state index in [1.807, 2.05) is 20.8 Å². The van der Waals surface area contributed by atoms with Gasteiger partial charge in [0.2, 0.25) is 0 Å². The van der Waals surface area contributed by atoms with E-state index in [0.29, 0.717) is 6.42 Å². The first-order valence-corrected chi connectivity index (χ1v) is 7.87. The van der Waals surface area contributed by atoms with Gasteiger partial charge in [-0.25, -0.2) is 24.3 Å². The average Bonchev–Trinajstić information content (AvgIpc) is 2.57. The zero-order valence-corrected chi connectivity index (χ0v) is 14.5. The molecule has 0 aliphatic heterocycles. The fourth-order valence-corrected chi connectivity index (χ4v) is 2.19. The number of aromatic carboxylic acids is 2. The molecule has 25 heavy (non-hydrogen) atoms. The number of hydrogen-bond donors (Lipinski definition) is 3. The van der Waals surface area contributed by atoms with Gasteiger partial charge in [-0.2, -0.15) is 0 Å². The van der Waals surface area contributed by atoms with Crippen LogP contribution < -0.4 is 0 Å². The Kier molecular flexibility index (Phi) is 7.98. The van der Waals surface area contributed by atoms with E-state index < -0.39 is 18.0 Å². The second-order valence-corrected chi connectivity index (χ2v) is 6.29. The molecular weight excluding hydrogens is 332 g/mol. The quantitative estimate of drug-likeness (QED) is 0.314. The third-order valence-electron chi connectivity index (χ3n) is 4.25. The molecule has 0 bridgehead atoms. The van der Waals surface area contributed by atoms with Crippen molar-refractivity contribution in [1.29, 1.82) is 0 Å². The lowest BCUT2D eigenvalue weighted by molar-refractivity contribution is -0.330. The molecule has 140 valence electrons. The molecule has 1 aromatic rings. The highest BCUT2D eigenvalue weighted by Crippen LogP contribution is 2.29. The molecule has 1 atom stereocenters. The average molecular weight is 356 g/mol. The lowest BCUT2D eigenvalue weighted by atomic mass is 9.82. The summed E-state index contributed by atoms with van der Waals surface area (Å²) in [6.45, 7) is 5.78. The molecule has 0 aromatic heterocycles. The fraction of sp³-hybridized carbons (Fsp3) is 0.529. The SMILES string of the molecule is CCC(C)(C)C(CCOOCc1cc(C(=O)O)ccc1C(=O)O)OO. The van der Waals surface area contributed by atoms with Gasteiger partial charge >= 0.3 is 11.9 Å². The van der Waals surface area contributed by atoms with Crippen LogP contribution in [0.3, 0.4) is 0 Å². The predicted octanol–water partition coefficient (Wildman–Crippen LogP) is 3.22. The lowest BCUT2D eigenvalue weighted by Gasteiger charge is -2.30. The summed E-state index contributed by atoms with van der Waals surface area (Å²) in [5.74, 6) is -2.35. The van der Waals surface area contributed by atoms with E-state index in [2.05, 4.69) is 4.89 Å². The molecule has 1 aromatic carbocycles. The molecule has 0 fully saturated rings. The van der Waals surface area contributed by atoms with Gasteiger partial charge in [-0.1, -0.05) is 20.8 Å². The van der Waals surface area contributed by atoms with Crippen molar-refractivity contribution in [2.24, 2.45) is 5.41 Å². The molecule has 0 aliphatic rings. The van der Waals surface area contributed by atoms with Crippen LogP contribution in [0, 0.1) is 5.41 Å². The molecule has 1 unspecified atom stereocenters. The van der Waals surface area contributed by atoms with E-state index in [9.17, 15) is 9.59 Å². The van der Waals surface area contributed by atoms with Gasteiger partial charge < -0.3 is 10.2 Å². The van der Waals surface area contributed by atoms with Crippen molar-refractivity contribution in [3.8, 4) is 0 Å². The fourth-order valence-electron chi connectivity index (χ4n) is 2.19. The van der Waals surface area contributed by atoms with Crippen LogP contribution >= 0.6 is 0 Å². The normalized spacial score (nSPS) is 12.8. The monoisotopic (exact) mass is 356 g/mol. The third-order valence-corrected chi connectivity index (χ3v) is 4.25. The first kappa shape index (κ1) is 21.0. The largest absolute Gasteiger partial charge is 0.478 e. The van der Waals surface area contributed by atoms with Gasteiger partial charge in [-0.05, 0) is 35.6 Å². The second-order valence-electron chi connectivity index (χ2n) is 6.29. The summed E-state index contributed by atoms with van der Waals surface area (Å²) in [4.78, 5) is 36.7. The molecule has 0 spiro atoms. The summed E-state index contributed by atoms with van der Waals surface area (Å²) in [5.41, 5.74) is -0.153. The number of carboxylic acid groups (broad SMARTS) is 2. The van der Waals surface area contributed by atoms with Crippen LogP contribution in [0.25, 0.3) is 0 Å². The van der Waals surface area contributed by atoms with Crippen LogP contribution in [0.5, 0.6) is 0 Å². The third kappa shape index (κ3) is 6.09. The van der Waals surface area contributed by atoms with Gasteiger partial charge in [-0.15, -0.1) is 0 Å². The Hall–Kier alpha value is -2.00. The Morgan fingerprint density at radius 1 is 1.16 bits per heavy atom. The second kappa shape index (κ2) is 9.47. The Morgan fingerprint density at radius 2 is 1.84 bits per heavy atom. The molecule has 0 saturated heterocycles. The molecule has 1 rings (SSSR count). The van der Waals surface area contributed by atoms with Crippen LogP contribution in [-0.2, 0) is 21.3 Å². The predicted molar refractivity (Wildman–Crippen MR) is 87.3 cm³/mol. The number of rotatable bonds is 11. The van der Waals surface area contributed by atoms with E-state index in [1.54, 1.807) is 0 Å². The first-order chi connectivity index (χ1) is 11.7. The summed E-state index contributed by atoms with van der Waals surface area (Å²) < 4.78 is 0. The van der Waals surface area contributed by atoms with Crippen molar-refractivity contribution in [1.82, 2.24) is 0 Å². The number of hydrogen-bond acceptors (Lipinski definition) is 6. The maximum absolute atomic E-state index is 11.2. The Labute approximate surface area is 145 Å². The maximum atomic E-state index is 11.2. The van der Waals surface area contributed by atoms with Crippen LogP contribution in [-0.4, -0.2) is 40.1 Å². The molecular formula is C17H24O8. The maximum Gasteiger partial charge on any atom is 0.336 e. The molecule has 0 aliphatic carbocycles. The van der Waals surface area contributed by atoms with Crippen molar-refractivity contribution in [2.45, 2.75) is 46.3 Å². The first-order valence-electron chi connectivity index (χ1n) is 7.87. The van der Waals surface area contributed by atoms with Crippen LogP contribution in [0.1, 0.15) is 59.9 Å². The number of benzene rings is 1. The van der Waals surface area contributed by atoms with Gasteiger partial charge in [0.15, 0.2) is 0 Å². The van der Waals surface area contributed by atoms with Gasteiger partial charge in [0, 0.05) is 6.42 Å². The number of carboxylic acids is 2. The highest BCUT2D eigenvalue weighted by atomic mass is 17.2. The molecule has 0 amide bonds. The van der Waals surface area contributed by atoms with Crippen LogP contribution in [0.4, 0.5) is 0 Å². The van der Waals surface area contributed by atoms with E-state index in [-0.39, 0.29) is 35.3 Å². The Balaban J connectivity index is 2.59. The van der Waals surface area contributed by atoms with Crippen LogP contribution in [0.2, 0.25) is 0 Å².